The third-order valence-corrected chi connectivity index (χ3v) is 4.35. The van der Waals surface area contributed by atoms with Crippen LogP contribution in [0.3, 0.4) is 0 Å². The summed E-state index contributed by atoms with van der Waals surface area (Å²) >= 11 is 0. The molecule has 7 heteroatoms. The average Bonchev–Trinajstić information content (AvgIpc) is 2.87. The monoisotopic (exact) mass is 317 g/mol. The second-order valence-electron chi connectivity index (χ2n) is 6.01. The van der Waals surface area contributed by atoms with E-state index < -0.39 is 0 Å². The molecule has 2 aromatic heterocycles. The number of fused-ring (bicyclic) bond motifs is 1. The molecule has 0 unspecified atom stereocenters. The minimum absolute atomic E-state index is 0.0947. The van der Waals surface area contributed by atoms with Crippen molar-refractivity contribution in [2.45, 2.75) is 19.9 Å². The summed E-state index contributed by atoms with van der Waals surface area (Å²) in [7, 11) is 1.85. The molecule has 1 atom stereocenters. The summed E-state index contributed by atoms with van der Waals surface area (Å²) < 4.78 is 7.08. The molecule has 7 nitrogen and oxygen atoms in total. The highest BCUT2D eigenvalue weighted by molar-refractivity contribution is 5.97. The first kappa shape index (κ1) is 15.9. The number of morpholine rings is 1. The third-order valence-electron chi connectivity index (χ3n) is 4.35. The van der Waals surface area contributed by atoms with Crippen LogP contribution in [-0.2, 0) is 11.8 Å². The fraction of sp³-hybridized carbons (Fsp3) is 0.562. The van der Waals surface area contributed by atoms with Gasteiger partial charge < -0.3 is 10.1 Å². The minimum Gasteiger partial charge on any atom is -0.379 e. The minimum atomic E-state index is -0.0947. The van der Waals surface area contributed by atoms with Crippen molar-refractivity contribution < 1.29 is 9.53 Å². The third kappa shape index (κ3) is 3.35. The number of hydrogen-bond acceptors (Lipinski definition) is 5. The fourth-order valence-electron chi connectivity index (χ4n) is 2.92. The number of aromatic nitrogens is 3. The van der Waals surface area contributed by atoms with Crippen LogP contribution in [0.5, 0.6) is 0 Å². The zero-order valence-corrected chi connectivity index (χ0v) is 13.9. The number of carbonyl (C=O) groups excluding carboxylic acids is 1. The molecular formula is C16H23N5O2. The van der Waals surface area contributed by atoms with E-state index in [2.05, 4.69) is 27.2 Å². The molecule has 124 valence electrons. The zero-order chi connectivity index (χ0) is 16.4. The fourth-order valence-corrected chi connectivity index (χ4v) is 2.92. The molecule has 0 radical (unpaired) electrons. The van der Waals surface area contributed by atoms with E-state index in [1.165, 1.54) is 0 Å². The molecule has 1 saturated heterocycles. The van der Waals surface area contributed by atoms with Gasteiger partial charge in [0.05, 0.1) is 24.5 Å². The predicted molar refractivity (Wildman–Crippen MR) is 87.4 cm³/mol. The lowest BCUT2D eigenvalue weighted by Gasteiger charge is -2.32. The molecule has 1 amide bonds. The molecule has 1 N–H and O–H groups in total. The van der Waals surface area contributed by atoms with Gasteiger partial charge in [0.15, 0.2) is 5.65 Å². The Hall–Kier alpha value is -1.99. The smallest absolute Gasteiger partial charge is 0.252 e. The van der Waals surface area contributed by atoms with Crippen LogP contribution in [0, 0.1) is 6.92 Å². The highest BCUT2D eigenvalue weighted by Crippen LogP contribution is 2.16. The maximum Gasteiger partial charge on any atom is 0.252 e. The summed E-state index contributed by atoms with van der Waals surface area (Å²) in [6, 6.07) is 2.15. The second-order valence-corrected chi connectivity index (χ2v) is 6.01. The summed E-state index contributed by atoms with van der Waals surface area (Å²) in [4.78, 5) is 19.1. The van der Waals surface area contributed by atoms with Crippen molar-refractivity contribution in [2.75, 3.05) is 32.8 Å². The highest BCUT2D eigenvalue weighted by Gasteiger charge is 2.18. The molecule has 3 heterocycles. The Balaban J connectivity index is 1.64. The van der Waals surface area contributed by atoms with Gasteiger partial charge in [-0.2, -0.15) is 5.10 Å². The van der Waals surface area contributed by atoms with Crippen LogP contribution >= 0.6 is 0 Å². The lowest BCUT2D eigenvalue weighted by atomic mass is 10.2. The maximum atomic E-state index is 12.4. The number of hydrogen-bond donors (Lipinski definition) is 1. The molecule has 1 aliphatic heterocycles. The summed E-state index contributed by atoms with van der Waals surface area (Å²) in [6.45, 7) is 8.02. The second kappa shape index (κ2) is 6.64. The number of amides is 1. The number of carbonyl (C=O) groups is 1. The lowest BCUT2D eigenvalue weighted by molar-refractivity contribution is 0.0204. The van der Waals surface area contributed by atoms with Crippen LogP contribution in [0.25, 0.3) is 11.0 Å². The standard InChI is InChI=1S/C16H23N5O2/c1-11(21-4-6-23-7-5-21)9-18-16(22)13-8-14-12(2)19-20(3)15(14)17-10-13/h8,10-11H,4-7,9H2,1-3H3,(H,18,22)/t11-/m1/s1. The van der Waals surface area contributed by atoms with Crippen molar-refractivity contribution in [3.8, 4) is 0 Å². The molecule has 1 aliphatic rings. The van der Waals surface area contributed by atoms with E-state index in [1.54, 1.807) is 10.9 Å². The van der Waals surface area contributed by atoms with Gasteiger partial charge in [0.1, 0.15) is 0 Å². The first-order chi connectivity index (χ1) is 11.1. The Kier molecular flexibility index (Phi) is 4.58. The van der Waals surface area contributed by atoms with E-state index in [0.29, 0.717) is 18.2 Å². The molecule has 2 aromatic rings. The van der Waals surface area contributed by atoms with Crippen molar-refractivity contribution >= 4 is 16.9 Å². The number of rotatable bonds is 4. The Labute approximate surface area is 135 Å². The van der Waals surface area contributed by atoms with Crippen molar-refractivity contribution in [1.82, 2.24) is 25.0 Å². The van der Waals surface area contributed by atoms with Crippen LogP contribution in [0.15, 0.2) is 12.3 Å². The summed E-state index contributed by atoms with van der Waals surface area (Å²) in [5.74, 6) is -0.0947. The zero-order valence-electron chi connectivity index (χ0n) is 13.9. The van der Waals surface area contributed by atoms with Gasteiger partial charge in [-0.15, -0.1) is 0 Å². The quantitative estimate of drug-likeness (QED) is 0.900. The summed E-state index contributed by atoms with van der Waals surface area (Å²) in [6.07, 6.45) is 1.61. The van der Waals surface area contributed by atoms with Crippen molar-refractivity contribution in [2.24, 2.45) is 7.05 Å². The molecule has 0 bridgehead atoms. The molecular weight excluding hydrogens is 294 g/mol. The normalized spacial score (nSPS) is 17.3. The van der Waals surface area contributed by atoms with E-state index in [0.717, 1.165) is 43.0 Å². The van der Waals surface area contributed by atoms with E-state index in [4.69, 9.17) is 4.74 Å². The largest absolute Gasteiger partial charge is 0.379 e. The number of ether oxygens (including phenoxy) is 1. The molecule has 0 spiro atoms. The van der Waals surface area contributed by atoms with Crippen molar-refractivity contribution in [3.63, 3.8) is 0 Å². The molecule has 0 aromatic carbocycles. The van der Waals surface area contributed by atoms with Gasteiger partial charge in [-0.25, -0.2) is 4.98 Å². The SMILES string of the molecule is Cc1nn(C)c2ncc(C(=O)NC[C@@H](C)N3CCOCC3)cc12. The van der Waals surface area contributed by atoms with Gasteiger partial charge in [0.25, 0.3) is 5.91 Å². The number of nitrogens with zero attached hydrogens (tertiary/aromatic N) is 4. The van der Waals surface area contributed by atoms with Crippen molar-refractivity contribution in [1.29, 1.82) is 0 Å². The Morgan fingerprint density at radius 3 is 2.91 bits per heavy atom. The van der Waals surface area contributed by atoms with Crippen LogP contribution in [0.4, 0.5) is 0 Å². The van der Waals surface area contributed by atoms with Gasteiger partial charge in [0.2, 0.25) is 0 Å². The molecule has 1 fully saturated rings. The van der Waals surface area contributed by atoms with Crippen molar-refractivity contribution in [3.05, 3.63) is 23.5 Å². The number of nitrogens with one attached hydrogen (secondary N) is 1. The number of pyridine rings is 1. The van der Waals surface area contributed by atoms with Gasteiger partial charge in [0, 0.05) is 44.3 Å². The Morgan fingerprint density at radius 2 is 2.17 bits per heavy atom. The Morgan fingerprint density at radius 1 is 1.43 bits per heavy atom. The van der Waals surface area contributed by atoms with Crippen LogP contribution in [0.2, 0.25) is 0 Å². The maximum absolute atomic E-state index is 12.4. The topological polar surface area (TPSA) is 72.3 Å². The van der Waals surface area contributed by atoms with E-state index in [9.17, 15) is 4.79 Å². The lowest BCUT2D eigenvalue weighted by Crippen LogP contribution is -2.47. The van der Waals surface area contributed by atoms with Crippen LogP contribution in [0.1, 0.15) is 23.0 Å². The van der Waals surface area contributed by atoms with Gasteiger partial charge in [-0.05, 0) is 19.9 Å². The number of aryl methyl sites for hydroxylation is 2. The predicted octanol–water partition coefficient (Wildman–Crippen LogP) is 0.727. The van der Waals surface area contributed by atoms with Gasteiger partial charge in [-0.3, -0.25) is 14.4 Å². The van der Waals surface area contributed by atoms with E-state index >= 15 is 0 Å². The first-order valence-corrected chi connectivity index (χ1v) is 7.95. The van der Waals surface area contributed by atoms with Crippen LogP contribution < -0.4 is 5.32 Å². The Bertz CT molecular complexity index is 706. The molecule has 0 aliphatic carbocycles. The van der Waals surface area contributed by atoms with Crippen LogP contribution in [-0.4, -0.2) is 64.5 Å². The van der Waals surface area contributed by atoms with Gasteiger partial charge in [-0.1, -0.05) is 0 Å². The van der Waals surface area contributed by atoms with Gasteiger partial charge >= 0.3 is 0 Å². The summed E-state index contributed by atoms with van der Waals surface area (Å²) in [5.41, 5.74) is 2.25. The summed E-state index contributed by atoms with van der Waals surface area (Å²) in [5, 5.41) is 8.25. The highest BCUT2D eigenvalue weighted by atomic mass is 16.5. The molecule has 3 rings (SSSR count). The van der Waals surface area contributed by atoms with E-state index in [-0.39, 0.29) is 5.91 Å². The average molecular weight is 317 g/mol. The molecule has 23 heavy (non-hydrogen) atoms. The first-order valence-electron chi connectivity index (χ1n) is 7.95. The molecule has 0 saturated carbocycles. The van der Waals surface area contributed by atoms with E-state index in [1.807, 2.05) is 20.0 Å².